The fraction of sp³-hybridized carbons (Fsp3) is 0.143. The van der Waals surface area contributed by atoms with E-state index in [0.29, 0.717) is 0 Å². The van der Waals surface area contributed by atoms with E-state index < -0.39 is 0 Å². The maximum atomic E-state index is 4.21. The Morgan fingerprint density at radius 1 is 0.842 bits per heavy atom. The molecule has 2 aromatic carbocycles. The maximum Gasteiger partial charge on any atom is 0.0858 e. The molecule has 0 N–H and O–H groups in total. The molecule has 0 amide bonds. The zero-order valence-corrected chi connectivity index (χ0v) is 12.5. The first kappa shape index (κ1) is 14.0. The van der Waals surface area contributed by atoms with Crippen molar-refractivity contribution in [3.8, 4) is 0 Å². The number of anilines is 1. The molecule has 3 nitrogen and oxygen atoms in total. The summed E-state index contributed by atoms with van der Waals surface area (Å²) < 4.78 is 0. The third-order valence-corrected chi connectivity index (χ3v) is 3.70. The van der Waals surface area contributed by atoms with Crippen molar-refractivity contribution in [2.24, 2.45) is 10.2 Å². The summed E-state index contributed by atoms with van der Waals surface area (Å²) in [5.74, 6) is 0. The van der Waals surface area contributed by atoms with Gasteiger partial charge in [-0.05, 0) is 48.5 Å². The summed E-state index contributed by atoms with van der Waals surface area (Å²) >= 11 is 4.14. The largest absolute Gasteiger partial charge is 0.378 e. The predicted octanol–water partition coefficient (Wildman–Crippen LogP) is 5.10. The van der Waals surface area contributed by atoms with Crippen molar-refractivity contribution >= 4 is 39.5 Å². The number of benzene rings is 2. The van der Waals surface area contributed by atoms with Gasteiger partial charge in [-0.15, -0.1) is 11.7 Å². The smallest absolute Gasteiger partial charge is 0.0858 e. The van der Waals surface area contributed by atoms with Crippen molar-refractivity contribution in [2.75, 3.05) is 19.0 Å². The van der Waals surface area contributed by atoms with Crippen LogP contribution < -0.4 is 4.90 Å². The highest BCUT2D eigenvalue weighted by Crippen LogP contribution is 2.25. The summed E-state index contributed by atoms with van der Waals surface area (Å²) in [6, 6.07) is 15.8. The van der Waals surface area contributed by atoms with E-state index >= 15 is 0 Å². The highest BCUT2D eigenvalue weighted by atomic mass is 33.1. The van der Waals surface area contributed by atoms with E-state index in [0.717, 1.165) is 22.0 Å². The summed E-state index contributed by atoms with van der Waals surface area (Å²) in [6.07, 6.45) is 0. The van der Waals surface area contributed by atoms with E-state index in [1.54, 1.807) is 0 Å². The predicted molar refractivity (Wildman–Crippen MR) is 86.2 cm³/mol. The zero-order valence-electron chi connectivity index (χ0n) is 10.8. The van der Waals surface area contributed by atoms with Gasteiger partial charge in [0.05, 0.1) is 11.4 Å². The topological polar surface area (TPSA) is 28.0 Å². The summed E-state index contributed by atoms with van der Waals surface area (Å²) in [5, 5.41) is 8.42. The fourth-order valence-corrected chi connectivity index (χ4v) is 2.13. The minimum Gasteiger partial charge on any atom is -0.378 e. The molecule has 0 radical (unpaired) electrons. The normalized spacial score (nSPS) is 10.9. The van der Waals surface area contributed by atoms with Gasteiger partial charge in [-0.25, -0.2) is 0 Å². The van der Waals surface area contributed by atoms with E-state index in [1.807, 2.05) is 62.6 Å². The van der Waals surface area contributed by atoms with Crippen LogP contribution in [-0.4, -0.2) is 14.1 Å². The van der Waals surface area contributed by atoms with Crippen LogP contribution in [0.1, 0.15) is 0 Å². The molecule has 0 unspecified atom stereocenters. The standard InChI is InChI=1S/C14H15N3S2/c1-17(2)13-7-3-11(4-8-13)15-16-12-5-9-14(19-18)10-6-12/h3-10,18H,1-2H3. The van der Waals surface area contributed by atoms with Gasteiger partial charge in [0.25, 0.3) is 0 Å². The lowest BCUT2D eigenvalue weighted by Crippen LogP contribution is -2.07. The van der Waals surface area contributed by atoms with Gasteiger partial charge >= 0.3 is 0 Å². The van der Waals surface area contributed by atoms with E-state index in [1.165, 1.54) is 10.8 Å². The van der Waals surface area contributed by atoms with Crippen molar-refractivity contribution in [3.05, 3.63) is 48.5 Å². The van der Waals surface area contributed by atoms with E-state index in [-0.39, 0.29) is 0 Å². The number of rotatable bonds is 4. The maximum absolute atomic E-state index is 4.21. The molecule has 0 fully saturated rings. The van der Waals surface area contributed by atoms with Crippen LogP contribution in [-0.2, 0) is 0 Å². The Bertz CT molecular complexity index is 548. The highest BCUT2D eigenvalue weighted by Gasteiger charge is 1.95. The van der Waals surface area contributed by atoms with Crippen LogP contribution in [0.25, 0.3) is 0 Å². The SMILES string of the molecule is CN(C)c1ccc(N=Nc2ccc(SS)cc2)cc1. The second-order valence-electron chi connectivity index (χ2n) is 4.20. The molecular formula is C14H15N3S2. The molecule has 98 valence electrons. The van der Waals surface area contributed by atoms with E-state index in [4.69, 9.17) is 0 Å². The quantitative estimate of drug-likeness (QED) is 0.481. The summed E-state index contributed by atoms with van der Waals surface area (Å²) in [6.45, 7) is 0. The Kier molecular flexibility index (Phi) is 4.87. The monoisotopic (exact) mass is 289 g/mol. The van der Waals surface area contributed by atoms with Gasteiger partial charge in [-0.3, -0.25) is 0 Å². The van der Waals surface area contributed by atoms with Crippen LogP contribution in [0.15, 0.2) is 63.7 Å². The number of azo groups is 1. The molecule has 0 aliphatic carbocycles. The Balaban J connectivity index is 2.08. The van der Waals surface area contributed by atoms with Crippen LogP contribution in [0, 0.1) is 0 Å². The second-order valence-corrected chi connectivity index (χ2v) is 5.40. The Morgan fingerprint density at radius 3 is 1.74 bits per heavy atom. The molecular weight excluding hydrogens is 274 g/mol. The first-order valence-electron chi connectivity index (χ1n) is 5.79. The minimum atomic E-state index is 0.836. The van der Waals surface area contributed by atoms with Crippen LogP contribution in [0.2, 0.25) is 0 Å². The Morgan fingerprint density at radius 2 is 1.32 bits per heavy atom. The molecule has 0 aromatic heterocycles. The highest BCUT2D eigenvalue weighted by molar-refractivity contribution is 8.68. The average Bonchev–Trinajstić information content (AvgIpc) is 2.46. The number of nitrogens with zero attached hydrogens (tertiary/aromatic N) is 3. The van der Waals surface area contributed by atoms with Crippen molar-refractivity contribution in [1.82, 2.24) is 0 Å². The number of hydrogen-bond donors (Lipinski definition) is 1. The van der Waals surface area contributed by atoms with Crippen molar-refractivity contribution in [1.29, 1.82) is 0 Å². The van der Waals surface area contributed by atoms with Crippen molar-refractivity contribution in [2.45, 2.75) is 4.90 Å². The van der Waals surface area contributed by atoms with Gasteiger partial charge in [-0.1, -0.05) is 10.8 Å². The van der Waals surface area contributed by atoms with E-state index in [2.05, 4.69) is 26.8 Å². The molecule has 0 spiro atoms. The lowest BCUT2D eigenvalue weighted by Gasteiger charge is -2.11. The molecule has 2 rings (SSSR count). The molecule has 0 atom stereocenters. The van der Waals surface area contributed by atoms with E-state index in [9.17, 15) is 0 Å². The number of thiol groups is 1. The van der Waals surface area contributed by atoms with Gasteiger partial charge < -0.3 is 4.90 Å². The molecule has 0 aliphatic heterocycles. The molecule has 5 heteroatoms. The number of hydrogen-bond acceptors (Lipinski definition) is 5. The lowest BCUT2D eigenvalue weighted by atomic mass is 10.3. The summed E-state index contributed by atoms with van der Waals surface area (Å²) in [5.41, 5.74) is 2.83. The third kappa shape index (κ3) is 4.01. The minimum absolute atomic E-state index is 0.836. The zero-order chi connectivity index (χ0) is 13.7. The molecule has 2 aromatic rings. The van der Waals surface area contributed by atoms with Crippen LogP contribution in [0.4, 0.5) is 17.1 Å². The summed E-state index contributed by atoms with van der Waals surface area (Å²) in [4.78, 5) is 3.15. The van der Waals surface area contributed by atoms with Gasteiger partial charge in [-0.2, -0.15) is 10.2 Å². The molecule has 0 saturated carbocycles. The first-order chi connectivity index (χ1) is 9.19. The molecule has 0 heterocycles. The Labute approximate surface area is 122 Å². The fourth-order valence-electron chi connectivity index (χ4n) is 1.51. The van der Waals surface area contributed by atoms with Crippen molar-refractivity contribution < 1.29 is 0 Å². The lowest BCUT2D eigenvalue weighted by molar-refractivity contribution is 1.13. The molecule has 0 saturated heterocycles. The van der Waals surface area contributed by atoms with Gasteiger partial charge in [0.2, 0.25) is 0 Å². The van der Waals surface area contributed by atoms with Crippen LogP contribution in [0.5, 0.6) is 0 Å². The van der Waals surface area contributed by atoms with Gasteiger partial charge in [0, 0.05) is 24.7 Å². The van der Waals surface area contributed by atoms with Gasteiger partial charge in [0.15, 0.2) is 0 Å². The van der Waals surface area contributed by atoms with Crippen molar-refractivity contribution in [3.63, 3.8) is 0 Å². The third-order valence-electron chi connectivity index (χ3n) is 2.59. The molecule has 19 heavy (non-hydrogen) atoms. The Hall–Kier alpha value is -1.46. The molecule has 0 aliphatic rings. The van der Waals surface area contributed by atoms with Crippen LogP contribution >= 0.6 is 22.5 Å². The average molecular weight is 289 g/mol. The van der Waals surface area contributed by atoms with Gasteiger partial charge in [0.1, 0.15) is 0 Å². The van der Waals surface area contributed by atoms with Crippen LogP contribution in [0.3, 0.4) is 0 Å². The first-order valence-corrected chi connectivity index (χ1v) is 7.66. The second kappa shape index (κ2) is 6.63. The summed E-state index contributed by atoms with van der Waals surface area (Å²) in [7, 11) is 5.44. The molecule has 0 bridgehead atoms.